The van der Waals surface area contributed by atoms with Gasteiger partial charge in [0.25, 0.3) is 23.6 Å². The minimum absolute atomic E-state index is 0.0852. The summed E-state index contributed by atoms with van der Waals surface area (Å²) in [6, 6.07) is 20.1. The van der Waals surface area contributed by atoms with Crippen LogP contribution >= 0.6 is 58.0 Å². The van der Waals surface area contributed by atoms with Crippen molar-refractivity contribution in [1.82, 2.24) is 0 Å². The van der Waals surface area contributed by atoms with Crippen molar-refractivity contribution in [2.45, 2.75) is 64.9 Å². The fourth-order valence-electron chi connectivity index (χ4n) is 6.79. The minimum atomic E-state index is -1.64. The van der Waals surface area contributed by atoms with Crippen LogP contribution in [0.1, 0.15) is 77.4 Å². The molecule has 4 amide bonds. The van der Waals surface area contributed by atoms with Crippen LogP contribution in [-0.4, -0.2) is 72.3 Å². The Morgan fingerprint density at radius 3 is 1.42 bits per heavy atom. The van der Waals surface area contributed by atoms with Crippen molar-refractivity contribution >= 4 is 127 Å². The third kappa shape index (κ3) is 16.0. The van der Waals surface area contributed by atoms with Crippen LogP contribution < -0.4 is 30.7 Å². The Morgan fingerprint density at radius 1 is 0.563 bits per heavy atom. The number of benzene rings is 5. The molecule has 0 bridgehead atoms. The average molecular weight is 1070 g/mol. The second-order valence-electron chi connectivity index (χ2n) is 15.5. The molecule has 0 aliphatic heterocycles. The Kier molecular flexibility index (Phi) is 20.9. The highest BCUT2D eigenvalue weighted by Gasteiger charge is 2.27. The molecule has 0 aliphatic rings. The van der Waals surface area contributed by atoms with Crippen molar-refractivity contribution in [1.29, 1.82) is 0 Å². The number of rotatable bonds is 23. The fourth-order valence-corrected chi connectivity index (χ4v) is 7.84. The van der Waals surface area contributed by atoms with Gasteiger partial charge in [-0.3, -0.25) is 28.8 Å². The number of azo groups is 2. The second kappa shape index (κ2) is 26.7. The summed E-state index contributed by atoms with van der Waals surface area (Å²) in [6.07, 6.45) is 0.970. The van der Waals surface area contributed by atoms with Crippen molar-refractivity contribution in [3.8, 4) is 11.5 Å². The number of aryl methyl sites for hydroxylation is 2. The predicted octanol–water partition coefficient (Wildman–Crippen LogP) is 12.5. The third-order valence-electron chi connectivity index (χ3n) is 10.1. The van der Waals surface area contributed by atoms with Crippen molar-refractivity contribution in [3.63, 3.8) is 0 Å². The number of nitrogens with one attached hydrogen (secondary N) is 4. The van der Waals surface area contributed by atoms with E-state index in [1.807, 2.05) is 26.0 Å². The molecule has 0 aliphatic carbocycles. The van der Waals surface area contributed by atoms with E-state index >= 15 is 0 Å². The zero-order valence-electron chi connectivity index (χ0n) is 39.1. The number of anilines is 4. The first kappa shape index (κ1) is 55.5. The van der Waals surface area contributed by atoms with Gasteiger partial charge in [0.2, 0.25) is 12.1 Å². The maximum Gasteiger partial charge on any atom is 0.258 e. The highest BCUT2D eigenvalue weighted by molar-refractivity contribution is 6.32. The topological polar surface area (TPSA) is 218 Å². The SMILES string of the molecule is CCOc1ccc(CCCl)c(NC(=O)c2cc(Cl)cc(N=NC(C(C)=O)C(=O)Nc3ccc(NC(=O)C(N=Nc4cc(Cl)cc(C(=O)Nc5cc(OCC)ccc5CCCl)c4)C(C)=O)c(C(C)Cl)c3)c2)c1. The van der Waals surface area contributed by atoms with Gasteiger partial charge >= 0.3 is 0 Å². The predicted molar refractivity (Wildman–Crippen MR) is 279 cm³/mol. The molecule has 0 saturated carbocycles. The quantitative estimate of drug-likeness (QED) is 0.0279. The lowest BCUT2D eigenvalue weighted by Crippen LogP contribution is -2.32. The monoisotopic (exact) mass is 1060 g/mol. The molecule has 0 radical (unpaired) electrons. The van der Waals surface area contributed by atoms with Crippen LogP contribution in [0.25, 0.3) is 0 Å². The molecule has 4 N–H and O–H groups in total. The fraction of sp³-hybridized carbons (Fsp3) is 0.280. The average Bonchev–Trinajstić information content (AvgIpc) is 3.31. The van der Waals surface area contributed by atoms with Gasteiger partial charge in [0.05, 0.1) is 30.0 Å². The van der Waals surface area contributed by atoms with Crippen LogP contribution in [0.15, 0.2) is 111 Å². The van der Waals surface area contributed by atoms with Gasteiger partial charge in [0.15, 0.2) is 11.6 Å². The first-order chi connectivity index (χ1) is 33.9. The number of Topliss-reactive ketones (excluding diaryl/α,β-unsaturated/α-hetero) is 2. The lowest BCUT2D eigenvalue weighted by Gasteiger charge is -2.17. The third-order valence-corrected chi connectivity index (χ3v) is 11.2. The summed E-state index contributed by atoms with van der Waals surface area (Å²) in [5.74, 6) is -2.30. The van der Waals surface area contributed by atoms with Crippen LogP contribution in [0.4, 0.5) is 34.1 Å². The number of nitrogens with zero attached hydrogens (tertiary/aromatic N) is 4. The molecule has 0 saturated heterocycles. The molecule has 0 spiro atoms. The highest BCUT2D eigenvalue weighted by atomic mass is 35.5. The van der Waals surface area contributed by atoms with Gasteiger partial charge in [-0.1, -0.05) is 35.3 Å². The van der Waals surface area contributed by atoms with Crippen molar-refractivity contribution in [2.24, 2.45) is 20.5 Å². The van der Waals surface area contributed by atoms with Crippen LogP contribution in [0.2, 0.25) is 10.0 Å². The van der Waals surface area contributed by atoms with Gasteiger partial charge in [-0.2, -0.15) is 20.5 Å². The molecule has 5 rings (SSSR count). The number of alkyl halides is 3. The van der Waals surface area contributed by atoms with Gasteiger partial charge in [0.1, 0.15) is 11.5 Å². The Hall–Kier alpha value is -6.43. The van der Waals surface area contributed by atoms with E-state index in [0.29, 0.717) is 66.3 Å². The van der Waals surface area contributed by atoms with E-state index in [1.54, 1.807) is 31.2 Å². The van der Waals surface area contributed by atoms with Gasteiger partial charge in [-0.15, -0.1) is 34.8 Å². The molecular weight excluding hydrogens is 1020 g/mol. The number of hydrogen-bond donors (Lipinski definition) is 4. The lowest BCUT2D eigenvalue weighted by molar-refractivity contribution is -0.127. The number of ether oxygens (including phenoxy) is 2. The van der Waals surface area contributed by atoms with Crippen molar-refractivity contribution in [2.75, 3.05) is 46.2 Å². The summed E-state index contributed by atoms with van der Waals surface area (Å²) in [5.41, 5.74) is 3.67. The zero-order chi connectivity index (χ0) is 51.8. The van der Waals surface area contributed by atoms with E-state index in [9.17, 15) is 28.8 Å². The normalized spacial score (nSPS) is 12.5. The van der Waals surface area contributed by atoms with Crippen LogP contribution in [0, 0.1) is 0 Å². The van der Waals surface area contributed by atoms with E-state index < -0.39 is 52.7 Å². The molecule has 71 heavy (non-hydrogen) atoms. The zero-order valence-corrected chi connectivity index (χ0v) is 42.9. The molecule has 21 heteroatoms. The Labute approximate surface area is 435 Å². The maximum atomic E-state index is 13.6. The number of halogens is 5. The van der Waals surface area contributed by atoms with Gasteiger partial charge < -0.3 is 30.7 Å². The number of ketones is 2. The molecule has 3 unspecified atom stereocenters. The smallest absolute Gasteiger partial charge is 0.258 e. The summed E-state index contributed by atoms with van der Waals surface area (Å²) >= 11 is 31.2. The molecule has 0 aromatic heterocycles. The lowest BCUT2D eigenvalue weighted by atomic mass is 10.1. The summed E-state index contributed by atoms with van der Waals surface area (Å²) in [5, 5.41) is 26.7. The van der Waals surface area contributed by atoms with Crippen LogP contribution in [0.5, 0.6) is 11.5 Å². The van der Waals surface area contributed by atoms with Crippen molar-refractivity contribution in [3.05, 3.63) is 129 Å². The Bertz CT molecular complexity index is 2860. The molecule has 3 atom stereocenters. The van der Waals surface area contributed by atoms with Crippen LogP contribution in [-0.2, 0) is 32.0 Å². The van der Waals surface area contributed by atoms with Crippen LogP contribution in [0.3, 0.4) is 0 Å². The molecular formula is C50H49Cl5N8O8. The van der Waals surface area contributed by atoms with Gasteiger partial charge in [-0.05, 0) is 131 Å². The molecule has 0 fully saturated rings. The molecule has 16 nitrogen and oxygen atoms in total. The summed E-state index contributed by atoms with van der Waals surface area (Å²) in [7, 11) is 0. The molecule has 5 aromatic rings. The standard InChI is InChI=1S/C50H49Cl5N8O8/c1-6-70-39-11-8-30(14-16-51)43(25-39)58-47(66)32-18-34(54)22-37(20-32)60-62-45(28(4)64)49(68)56-36-10-13-42(41(24-36)27(3)53)57-50(69)46(29(5)65)63-61-38-21-33(19-35(55)23-38)48(67)59-44-26-40(71-7-2)12-9-31(44)15-17-52/h8-13,18-27,45-46H,6-7,14-17H2,1-5H3,(H,56,68)(H,57,69)(H,58,66)(H,59,67). The Balaban J connectivity index is 1.29. The second-order valence-corrected chi connectivity index (χ2v) is 17.8. The van der Waals surface area contributed by atoms with E-state index in [1.165, 1.54) is 54.6 Å². The number of amides is 4. The minimum Gasteiger partial charge on any atom is -0.494 e. The van der Waals surface area contributed by atoms with Crippen molar-refractivity contribution < 1.29 is 38.2 Å². The summed E-state index contributed by atoms with van der Waals surface area (Å²) in [6.45, 7) is 8.47. The molecule has 5 aromatic carbocycles. The highest BCUT2D eigenvalue weighted by Crippen LogP contribution is 2.32. The first-order valence-corrected chi connectivity index (χ1v) is 24.3. The summed E-state index contributed by atoms with van der Waals surface area (Å²) < 4.78 is 11.2. The van der Waals surface area contributed by atoms with E-state index in [0.717, 1.165) is 25.0 Å². The first-order valence-electron chi connectivity index (χ1n) is 22.0. The molecule has 372 valence electrons. The van der Waals surface area contributed by atoms with E-state index in [-0.39, 0.29) is 43.9 Å². The van der Waals surface area contributed by atoms with Gasteiger partial charge in [-0.25, -0.2) is 0 Å². The Morgan fingerprint density at radius 2 is 1.01 bits per heavy atom. The molecule has 0 heterocycles. The summed E-state index contributed by atoms with van der Waals surface area (Å²) in [4.78, 5) is 79.5. The maximum absolute atomic E-state index is 13.6. The number of hydrogen-bond acceptors (Lipinski definition) is 12. The van der Waals surface area contributed by atoms with E-state index in [2.05, 4.69) is 41.7 Å². The number of carbonyl (C=O) groups excluding carboxylic acids is 6. The van der Waals surface area contributed by atoms with E-state index in [4.69, 9.17) is 67.5 Å². The number of carbonyl (C=O) groups is 6. The largest absolute Gasteiger partial charge is 0.494 e. The van der Waals surface area contributed by atoms with Gasteiger partial charge in [0, 0.05) is 67.8 Å².